The number of benzene rings is 1. The van der Waals surface area contributed by atoms with Crippen molar-refractivity contribution < 1.29 is 9.59 Å². The quantitative estimate of drug-likeness (QED) is 0.842. The van der Waals surface area contributed by atoms with Crippen LogP contribution in [-0.2, 0) is 23.4 Å². The van der Waals surface area contributed by atoms with E-state index in [-0.39, 0.29) is 12.5 Å². The van der Waals surface area contributed by atoms with Crippen LogP contribution in [0.4, 0.5) is 4.79 Å². The van der Waals surface area contributed by atoms with Crippen LogP contribution in [0.1, 0.15) is 25.1 Å². The van der Waals surface area contributed by atoms with Crippen LogP contribution in [0.5, 0.6) is 0 Å². The third-order valence-corrected chi connectivity index (χ3v) is 4.83. The molecule has 1 aliphatic rings. The van der Waals surface area contributed by atoms with Crippen molar-refractivity contribution in [1.29, 1.82) is 0 Å². The summed E-state index contributed by atoms with van der Waals surface area (Å²) in [5.41, 5.74) is 0.0507. The van der Waals surface area contributed by atoms with Gasteiger partial charge in [-0.3, -0.25) is 9.69 Å². The van der Waals surface area contributed by atoms with Crippen LogP contribution >= 0.6 is 23.2 Å². The minimum atomic E-state index is -1.20. The normalized spacial score (nSPS) is 20.6. The van der Waals surface area contributed by atoms with Gasteiger partial charge in [0.2, 0.25) is 0 Å². The first-order chi connectivity index (χ1) is 11.4. The first-order valence-electron chi connectivity index (χ1n) is 7.34. The Morgan fingerprint density at radius 1 is 1.25 bits per heavy atom. The lowest BCUT2D eigenvalue weighted by molar-refractivity contribution is -0.131. The third-order valence-electron chi connectivity index (χ3n) is 4.09. The molecule has 2 aromatic rings. The van der Waals surface area contributed by atoms with E-state index in [0.717, 1.165) is 4.90 Å². The topological polar surface area (TPSA) is 80.1 Å². The van der Waals surface area contributed by atoms with Crippen molar-refractivity contribution in [2.24, 2.45) is 0 Å². The molecule has 1 aromatic carbocycles. The minimum Gasteiger partial charge on any atom is -0.319 e. The predicted octanol–water partition coefficient (Wildman–Crippen LogP) is 2.57. The number of nitrogens with one attached hydrogen (secondary N) is 1. The lowest BCUT2D eigenvalue weighted by atomic mass is 9.92. The fraction of sp³-hybridized carbons (Fsp3) is 0.333. The summed E-state index contributed by atoms with van der Waals surface area (Å²) in [6.45, 7) is 4.25. The highest BCUT2D eigenvalue weighted by molar-refractivity contribution is 6.42. The molecule has 1 fully saturated rings. The molecule has 0 radical (unpaired) electrons. The Balaban J connectivity index is 1.91. The number of urea groups is 1. The van der Waals surface area contributed by atoms with E-state index in [2.05, 4.69) is 15.6 Å². The summed E-state index contributed by atoms with van der Waals surface area (Å²) in [5.74, 6) is -0.366. The molecule has 0 aliphatic carbocycles. The van der Waals surface area contributed by atoms with E-state index in [1.807, 2.05) is 6.92 Å². The van der Waals surface area contributed by atoms with E-state index < -0.39 is 11.6 Å². The van der Waals surface area contributed by atoms with Gasteiger partial charge in [0, 0.05) is 6.54 Å². The van der Waals surface area contributed by atoms with Crippen LogP contribution in [0.25, 0.3) is 0 Å². The molecule has 1 atom stereocenters. The maximum Gasteiger partial charge on any atom is 0.325 e. The van der Waals surface area contributed by atoms with Gasteiger partial charge in [-0.15, -0.1) is 5.10 Å². The van der Waals surface area contributed by atoms with Crippen molar-refractivity contribution in [3.8, 4) is 0 Å². The smallest absolute Gasteiger partial charge is 0.319 e. The number of nitrogens with zero attached hydrogens (tertiary/aromatic N) is 4. The van der Waals surface area contributed by atoms with Crippen LogP contribution in [0.15, 0.2) is 24.4 Å². The molecule has 7 nitrogen and oxygen atoms in total. The molecule has 1 saturated heterocycles. The maximum absolute atomic E-state index is 12.9. The van der Waals surface area contributed by atoms with Crippen LogP contribution < -0.4 is 5.32 Å². The van der Waals surface area contributed by atoms with Gasteiger partial charge in [0.15, 0.2) is 0 Å². The fourth-order valence-corrected chi connectivity index (χ4v) is 2.97. The Labute approximate surface area is 148 Å². The van der Waals surface area contributed by atoms with E-state index in [1.165, 1.54) is 0 Å². The summed E-state index contributed by atoms with van der Waals surface area (Å²) in [6.07, 6.45) is 1.54. The molecule has 1 unspecified atom stereocenters. The van der Waals surface area contributed by atoms with Crippen molar-refractivity contribution in [2.75, 3.05) is 0 Å². The van der Waals surface area contributed by atoms with Crippen molar-refractivity contribution in [3.05, 3.63) is 45.7 Å². The van der Waals surface area contributed by atoms with Gasteiger partial charge in [0.05, 0.1) is 28.5 Å². The van der Waals surface area contributed by atoms with Crippen LogP contribution in [0, 0.1) is 0 Å². The summed E-state index contributed by atoms with van der Waals surface area (Å²) in [6, 6.07) is 4.39. The molecular formula is C15H15Cl2N5O2. The number of aryl methyl sites for hydroxylation is 1. The summed E-state index contributed by atoms with van der Waals surface area (Å²) >= 11 is 12.0. The van der Waals surface area contributed by atoms with Crippen molar-refractivity contribution in [1.82, 2.24) is 25.2 Å². The van der Waals surface area contributed by atoms with E-state index >= 15 is 0 Å². The Morgan fingerprint density at radius 3 is 2.67 bits per heavy atom. The van der Waals surface area contributed by atoms with E-state index in [1.54, 1.807) is 36.0 Å². The molecule has 2 heterocycles. The number of carbonyl (C=O) groups excluding carboxylic acids is 2. The number of amides is 3. The van der Waals surface area contributed by atoms with E-state index in [4.69, 9.17) is 23.2 Å². The molecule has 126 valence electrons. The van der Waals surface area contributed by atoms with E-state index in [9.17, 15) is 9.59 Å². The van der Waals surface area contributed by atoms with Crippen molar-refractivity contribution in [3.63, 3.8) is 0 Å². The predicted molar refractivity (Wildman–Crippen MR) is 88.6 cm³/mol. The van der Waals surface area contributed by atoms with Gasteiger partial charge < -0.3 is 5.32 Å². The Bertz CT molecular complexity index is 822. The maximum atomic E-state index is 12.9. The van der Waals surface area contributed by atoms with Crippen LogP contribution in [-0.4, -0.2) is 31.8 Å². The average molecular weight is 368 g/mol. The van der Waals surface area contributed by atoms with E-state index in [0.29, 0.717) is 27.8 Å². The first kappa shape index (κ1) is 16.7. The lowest BCUT2D eigenvalue weighted by Gasteiger charge is -2.22. The highest BCUT2D eigenvalue weighted by atomic mass is 35.5. The van der Waals surface area contributed by atoms with Crippen LogP contribution in [0.3, 0.4) is 0 Å². The Kier molecular flexibility index (Phi) is 4.23. The monoisotopic (exact) mass is 367 g/mol. The van der Waals surface area contributed by atoms with Gasteiger partial charge in [0.1, 0.15) is 5.54 Å². The second-order valence-electron chi connectivity index (χ2n) is 5.62. The SMILES string of the molecule is CCn1nncc1CN1C(=O)NC(C)(c2ccc(Cl)c(Cl)c2)C1=O. The molecule has 24 heavy (non-hydrogen) atoms. The Morgan fingerprint density at radius 2 is 2.00 bits per heavy atom. The number of hydrogen-bond donors (Lipinski definition) is 1. The number of hydrogen-bond acceptors (Lipinski definition) is 4. The van der Waals surface area contributed by atoms with Gasteiger partial charge in [-0.05, 0) is 31.5 Å². The highest BCUT2D eigenvalue weighted by Crippen LogP contribution is 2.33. The highest BCUT2D eigenvalue weighted by Gasteiger charge is 2.49. The number of aromatic nitrogens is 3. The molecule has 0 bridgehead atoms. The van der Waals surface area contributed by atoms with Gasteiger partial charge in [-0.25, -0.2) is 9.48 Å². The molecule has 9 heteroatoms. The summed E-state index contributed by atoms with van der Waals surface area (Å²) in [5, 5.41) is 11.2. The van der Waals surface area contributed by atoms with Crippen molar-refractivity contribution in [2.45, 2.75) is 32.5 Å². The van der Waals surface area contributed by atoms with Crippen LogP contribution in [0.2, 0.25) is 10.0 Å². The molecule has 3 rings (SSSR count). The molecule has 0 spiro atoms. The number of carbonyl (C=O) groups is 2. The van der Waals surface area contributed by atoms with Gasteiger partial charge in [0.25, 0.3) is 5.91 Å². The molecular weight excluding hydrogens is 353 g/mol. The summed E-state index contributed by atoms with van der Waals surface area (Å²) < 4.78 is 1.63. The summed E-state index contributed by atoms with van der Waals surface area (Å²) in [4.78, 5) is 26.4. The largest absolute Gasteiger partial charge is 0.325 e. The van der Waals surface area contributed by atoms with Gasteiger partial charge in [-0.2, -0.15) is 0 Å². The third kappa shape index (κ3) is 2.63. The molecule has 0 saturated carbocycles. The molecule has 1 aliphatic heterocycles. The number of rotatable bonds is 4. The standard InChI is InChI=1S/C15H15Cl2N5O2/c1-3-22-10(7-18-20-22)8-21-13(23)15(2,19-14(21)24)9-4-5-11(16)12(17)6-9/h4-7H,3,8H2,1-2H3,(H,19,24). The first-order valence-corrected chi connectivity index (χ1v) is 8.09. The minimum absolute atomic E-state index is 0.0996. The zero-order chi connectivity index (χ0) is 17.5. The van der Waals surface area contributed by atoms with Crippen molar-refractivity contribution >= 4 is 35.1 Å². The lowest BCUT2D eigenvalue weighted by Crippen LogP contribution is -2.40. The average Bonchev–Trinajstić information content (AvgIpc) is 3.09. The Hall–Kier alpha value is -2.12. The zero-order valence-corrected chi connectivity index (χ0v) is 14.6. The number of imide groups is 1. The zero-order valence-electron chi connectivity index (χ0n) is 13.1. The molecule has 1 aromatic heterocycles. The fourth-order valence-electron chi connectivity index (χ4n) is 2.67. The number of halogens is 2. The molecule has 1 N–H and O–H groups in total. The molecule has 3 amide bonds. The second-order valence-corrected chi connectivity index (χ2v) is 6.43. The van der Waals surface area contributed by atoms with Gasteiger partial charge >= 0.3 is 6.03 Å². The second kappa shape index (κ2) is 6.07. The summed E-state index contributed by atoms with van der Waals surface area (Å²) in [7, 11) is 0. The van der Waals surface area contributed by atoms with Gasteiger partial charge in [-0.1, -0.05) is 34.5 Å².